The number of nitrogens with zero attached hydrogens (tertiary/aromatic N) is 1. The maximum Gasteiger partial charge on any atom is 0.318 e. The van der Waals surface area contributed by atoms with Crippen molar-refractivity contribution >= 4 is 6.03 Å². The molecule has 2 aromatic carbocycles. The van der Waals surface area contributed by atoms with E-state index in [0.717, 1.165) is 24.8 Å². The first kappa shape index (κ1) is 14.2. The summed E-state index contributed by atoms with van der Waals surface area (Å²) < 4.78 is 14.4. The van der Waals surface area contributed by atoms with Gasteiger partial charge in [-0.1, -0.05) is 42.5 Å². The average molecular weight is 310 g/mol. The highest BCUT2D eigenvalue weighted by molar-refractivity contribution is 5.76. The van der Waals surface area contributed by atoms with E-state index < -0.39 is 0 Å². The molecule has 0 bridgehead atoms. The van der Waals surface area contributed by atoms with Crippen molar-refractivity contribution in [3.8, 4) is 0 Å². The van der Waals surface area contributed by atoms with E-state index >= 15 is 0 Å². The summed E-state index contributed by atoms with van der Waals surface area (Å²) in [6.07, 6.45) is 2.89. The number of carbonyl (C=O) groups excluding carboxylic acids is 1. The molecule has 23 heavy (non-hydrogen) atoms. The molecule has 0 radical (unpaired) electrons. The monoisotopic (exact) mass is 310 g/mol. The SMILES string of the molecule is O=C(NC1CC1)N1CCc2ccccc2C1c1ccccc1F. The van der Waals surface area contributed by atoms with Crippen LogP contribution in [0.1, 0.15) is 35.6 Å². The van der Waals surface area contributed by atoms with Gasteiger partial charge in [0.05, 0.1) is 6.04 Å². The molecule has 4 heteroatoms. The Labute approximate surface area is 135 Å². The van der Waals surface area contributed by atoms with Crippen LogP contribution < -0.4 is 5.32 Å². The molecule has 118 valence electrons. The van der Waals surface area contributed by atoms with E-state index in [1.165, 1.54) is 11.6 Å². The van der Waals surface area contributed by atoms with Crippen LogP contribution in [0.4, 0.5) is 9.18 Å². The minimum atomic E-state index is -0.361. The number of hydrogen-bond acceptors (Lipinski definition) is 1. The number of rotatable bonds is 2. The minimum Gasteiger partial charge on any atom is -0.335 e. The topological polar surface area (TPSA) is 32.3 Å². The van der Waals surface area contributed by atoms with Gasteiger partial charge in [-0.2, -0.15) is 0 Å². The van der Waals surface area contributed by atoms with E-state index in [0.29, 0.717) is 18.2 Å². The smallest absolute Gasteiger partial charge is 0.318 e. The molecular formula is C19H19FN2O. The van der Waals surface area contributed by atoms with E-state index in [4.69, 9.17) is 0 Å². The fraction of sp³-hybridized carbons (Fsp3) is 0.316. The lowest BCUT2D eigenvalue weighted by molar-refractivity contribution is 0.178. The maximum absolute atomic E-state index is 14.4. The Kier molecular flexibility index (Phi) is 3.52. The van der Waals surface area contributed by atoms with Crippen molar-refractivity contribution < 1.29 is 9.18 Å². The molecule has 3 nitrogen and oxygen atoms in total. The molecule has 2 aliphatic rings. The molecule has 0 saturated heterocycles. The van der Waals surface area contributed by atoms with Crippen molar-refractivity contribution in [1.82, 2.24) is 10.2 Å². The molecule has 1 saturated carbocycles. The summed E-state index contributed by atoms with van der Waals surface area (Å²) in [4.78, 5) is 14.4. The molecule has 1 N–H and O–H groups in total. The number of fused-ring (bicyclic) bond motifs is 1. The molecule has 1 heterocycles. The Morgan fingerprint density at radius 1 is 1.04 bits per heavy atom. The minimum absolute atomic E-state index is 0.0877. The number of urea groups is 1. The van der Waals surface area contributed by atoms with Crippen LogP contribution in [0.5, 0.6) is 0 Å². The van der Waals surface area contributed by atoms with Crippen LogP contribution in [0.3, 0.4) is 0 Å². The quantitative estimate of drug-likeness (QED) is 0.902. The van der Waals surface area contributed by atoms with Gasteiger partial charge in [-0.3, -0.25) is 0 Å². The Hall–Kier alpha value is -2.36. The van der Waals surface area contributed by atoms with Crippen LogP contribution in [-0.4, -0.2) is 23.5 Å². The van der Waals surface area contributed by atoms with Gasteiger partial charge < -0.3 is 10.2 Å². The second kappa shape index (κ2) is 5.69. The summed E-state index contributed by atoms with van der Waals surface area (Å²) in [6.45, 7) is 0.606. The van der Waals surface area contributed by atoms with Gasteiger partial charge in [0.15, 0.2) is 0 Å². The number of amides is 2. The molecule has 1 unspecified atom stereocenters. The van der Waals surface area contributed by atoms with Crippen LogP contribution >= 0.6 is 0 Å². The first-order valence-corrected chi connectivity index (χ1v) is 8.13. The van der Waals surface area contributed by atoms with E-state index in [1.807, 2.05) is 24.3 Å². The number of nitrogens with one attached hydrogen (secondary N) is 1. The highest BCUT2D eigenvalue weighted by atomic mass is 19.1. The van der Waals surface area contributed by atoms with Crippen molar-refractivity contribution in [1.29, 1.82) is 0 Å². The third-order valence-electron chi connectivity index (χ3n) is 4.65. The van der Waals surface area contributed by atoms with E-state index in [1.54, 1.807) is 17.0 Å². The third-order valence-corrected chi connectivity index (χ3v) is 4.65. The van der Waals surface area contributed by atoms with Gasteiger partial charge in [-0.15, -0.1) is 0 Å². The Morgan fingerprint density at radius 2 is 1.74 bits per heavy atom. The van der Waals surface area contributed by atoms with Crippen LogP contribution in [-0.2, 0) is 6.42 Å². The van der Waals surface area contributed by atoms with Gasteiger partial charge in [0.25, 0.3) is 0 Å². The Bertz CT molecular complexity index is 742. The summed E-state index contributed by atoms with van der Waals surface area (Å²) in [5.74, 6) is -0.265. The fourth-order valence-corrected chi connectivity index (χ4v) is 3.30. The second-order valence-electron chi connectivity index (χ2n) is 6.29. The normalized spacial score (nSPS) is 20.0. The highest BCUT2D eigenvalue weighted by Crippen LogP contribution is 2.36. The molecule has 4 rings (SSSR count). The maximum atomic E-state index is 14.4. The number of benzene rings is 2. The van der Waals surface area contributed by atoms with E-state index in [9.17, 15) is 9.18 Å². The zero-order chi connectivity index (χ0) is 15.8. The zero-order valence-electron chi connectivity index (χ0n) is 12.8. The van der Waals surface area contributed by atoms with Crippen molar-refractivity contribution in [3.63, 3.8) is 0 Å². The average Bonchev–Trinajstić information content (AvgIpc) is 3.38. The van der Waals surface area contributed by atoms with Crippen molar-refractivity contribution in [2.75, 3.05) is 6.54 Å². The molecule has 0 aromatic heterocycles. The lowest BCUT2D eigenvalue weighted by atomic mass is 9.88. The van der Waals surface area contributed by atoms with Gasteiger partial charge in [-0.05, 0) is 36.5 Å². The molecule has 0 spiro atoms. The largest absolute Gasteiger partial charge is 0.335 e. The summed E-state index contributed by atoms with van der Waals surface area (Å²) in [5, 5.41) is 3.04. The summed E-state index contributed by atoms with van der Waals surface area (Å²) in [7, 11) is 0. The first-order chi connectivity index (χ1) is 11.2. The lowest BCUT2D eigenvalue weighted by Gasteiger charge is -2.37. The molecule has 1 fully saturated rings. The summed E-state index contributed by atoms with van der Waals surface area (Å²) >= 11 is 0. The van der Waals surface area contributed by atoms with Gasteiger partial charge in [0.1, 0.15) is 5.82 Å². The number of carbonyl (C=O) groups is 1. The molecule has 2 amide bonds. The van der Waals surface area contributed by atoms with Crippen LogP contribution in [0, 0.1) is 5.82 Å². The number of halogens is 1. The molecular weight excluding hydrogens is 291 g/mol. The van der Waals surface area contributed by atoms with Crippen LogP contribution in [0.15, 0.2) is 48.5 Å². The van der Waals surface area contributed by atoms with Crippen molar-refractivity contribution in [2.45, 2.75) is 31.3 Å². The van der Waals surface area contributed by atoms with Gasteiger partial charge in [0.2, 0.25) is 0 Å². The van der Waals surface area contributed by atoms with Crippen molar-refractivity contribution in [2.24, 2.45) is 0 Å². The Morgan fingerprint density at radius 3 is 2.48 bits per heavy atom. The lowest BCUT2D eigenvalue weighted by Crippen LogP contribution is -2.46. The second-order valence-corrected chi connectivity index (χ2v) is 6.29. The standard InChI is InChI=1S/C19H19FN2O/c20-17-8-4-3-7-16(17)18-15-6-2-1-5-13(15)11-12-22(18)19(23)21-14-9-10-14/h1-8,14,18H,9-12H2,(H,21,23). The Balaban J connectivity index is 1.77. The summed E-state index contributed by atoms with van der Waals surface area (Å²) in [5.41, 5.74) is 2.77. The fourth-order valence-electron chi connectivity index (χ4n) is 3.30. The van der Waals surface area contributed by atoms with E-state index in [-0.39, 0.29) is 17.9 Å². The zero-order valence-corrected chi connectivity index (χ0v) is 12.8. The van der Waals surface area contributed by atoms with Gasteiger partial charge in [0, 0.05) is 18.2 Å². The predicted octanol–water partition coefficient (Wildman–Crippen LogP) is 3.65. The van der Waals surface area contributed by atoms with Gasteiger partial charge in [-0.25, -0.2) is 9.18 Å². The van der Waals surface area contributed by atoms with Crippen LogP contribution in [0.2, 0.25) is 0 Å². The first-order valence-electron chi connectivity index (χ1n) is 8.13. The molecule has 1 atom stereocenters. The predicted molar refractivity (Wildman–Crippen MR) is 86.6 cm³/mol. The molecule has 1 aliphatic carbocycles. The van der Waals surface area contributed by atoms with Gasteiger partial charge >= 0.3 is 6.03 Å². The highest BCUT2D eigenvalue weighted by Gasteiger charge is 2.35. The third kappa shape index (κ3) is 2.69. The van der Waals surface area contributed by atoms with Crippen molar-refractivity contribution in [3.05, 3.63) is 71.0 Å². The summed E-state index contributed by atoms with van der Waals surface area (Å²) in [6, 6.07) is 14.6. The molecule has 1 aliphatic heterocycles. The van der Waals surface area contributed by atoms with E-state index in [2.05, 4.69) is 11.4 Å². The number of hydrogen-bond donors (Lipinski definition) is 1. The van der Waals surface area contributed by atoms with Crippen LogP contribution in [0.25, 0.3) is 0 Å². The molecule has 2 aromatic rings.